The Bertz CT molecular complexity index is 484. The van der Waals surface area contributed by atoms with Crippen molar-refractivity contribution in [2.24, 2.45) is 0 Å². The summed E-state index contributed by atoms with van der Waals surface area (Å²) in [6, 6.07) is 0. The van der Waals surface area contributed by atoms with Crippen molar-refractivity contribution >= 4 is 5.97 Å². The van der Waals surface area contributed by atoms with E-state index >= 15 is 0 Å². The number of rotatable bonds is 33. The Labute approximate surface area is 234 Å². The molecule has 0 aromatic rings. The summed E-state index contributed by atoms with van der Waals surface area (Å²) in [5.74, 6) is -0.151. The molecular weight excluding hydrogens is 516 g/mol. The van der Waals surface area contributed by atoms with E-state index in [0.717, 1.165) is 12.8 Å². The highest BCUT2D eigenvalue weighted by Gasteiger charge is 2.03. The smallest absolute Gasteiger partial charge is 0.305 e. The number of carbonyl (C=O) groups is 1. The van der Waals surface area contributed by atoms with Crippen LogP contribution in [0.5, 0.6) is 0 Å². The molecule has 0 radical (unpaired) electrons. The summed E-state index contributed by atoms with van der Waals surface area (Å²) in [5.41, 5.74) is 0. The lowest BCUT2D eigenvalue weighted by Gasteiger charge is -2.09. The number of hydrogen-bond acceptors (Lipinski definition) is 12. The number of aliphatic hydroxyl groups excluding tert-OH is 2. The van der Waals surface area contributed by atoms with E-state index in [4.69, 9.17) is 52.8 Å². The van der Waals surface area contributed by atoms with Crippen LogP contribution in [-0.4, -0.2) is 141 Å². The van der Waals surface area contributed by atoms with Crippen molar-refractivity contribution in [2.45, 2.75) is 51.6 Å². The van der Waals surface area contributed by atoms with Gasteiger partial charge in [-0.1, -0.05) is 32.6 Å². The zero-order valence-electron chi connectivity index (χ0n) is 24.0. The molecule has 39 heavy (non-hydrogen) atoms. The van der Waals surface area contributed by atoms with Crippen LogP contribution in [0.25, 0.3) is 0 Å². The second-order valence-electron chi connectivity index (χ2n) is 8.58. The fraction of sp³-hybridized carbons (Fsp3) is 0.963. The molecule has 2 N–H and O–H groups in total. The van der Waals surface area contributed by atoms with Crippen molar-refractivity contribution in [2.75, 3.05) is 119 Å². The summed E-state index contributed by atoms with van der Waals surface area (Å²) in [7, 11) is 0. The molecule has 234 valence electrons. The number of esters is 1. The highest BCUT2D eigenvalue weighted by Crippen LogP contribution is 2.05. The van der Waals surface area contributed by atoms with Gasteiger partial charge in [-0.25, -0.2) is 0 Å². The zero-order valence-corrected chi connectivity index (χ0v) is 24.0. The van der Waals surface area contributed by atoms with Crippen molar-refractivity contribution in [3.05, 3.63) is 0 Å². The molecular formula is C27H54O12. The lowest BCUT2D eigenvalue weighted by Crippen LogP contribution is -2.21. The van der Waals surface area contributed by atoms with Crippen LogP contribution in [0.2, 0.25) is 0 Å². The summed E-state index contributed by atoms with van der Waals surface area (Å²) in [6.07, 6.45) is 5.21. The Morgan fingerprint density at radius 1 is 0.538 bits per heavy atom. The summed E-state index contributed by atoms with van der Waals surface area (Å²) in [4.78, 5) is 11.6. The molecule has 12 heteroatoms. The minimum absolute atomic E-state index is 0.0961. The van der Waals surface area contributed by atoms with Gasteiger partial charge in [0.25, 0.3) is 0 Å². The van der Waals surface area contributed by atoms with Crippen LogP contribution in [-0.2, 0) is 47.4 Å². The molecule has 0 bridgehead atoms. The van der Waals surface area contributed by atoms with Gasteiger partial charge in [0.15, 0.2) is 0 Å². The number of ether oxygens (including phenoxy) is 9. The van der Waals surface area contributed by atoms with Gasteiger partial charge < -0.3 is 52.8 Å². The minimum Gasteiger partial charge on any atom is -0.463 e. The Balaban J connectivity index is 3.10. The van der Waals surface area contributed by atoms with Gasteiger partial charge in [0.2, 0.25) is 0 Å². The second-order valence-corrected chi connectivity index (χ2v) is 8.58. The maximum atomic E-state index is 11.6. The first-order valence-electron chi connectivity index (χ1n) is 14.3. The molecule has 0 saturated carbocycles. The summed E-state index contributed by atoms with van der Waals surface area (Å²) < 4.78 is 48.1. The topological polar surface area (TPSA) is 141 Å². The standard InChI is InChI=1S/C27H54O12/c1-2-3-4-5-6-7-27(30)39-23-22-37-19-18-35-15-14-33-11-10-31-8-9-32-12-13-34-16-17-36-20-21-38-25-26(29)24-28/h26,28-29H,2-25H2,1H3. The molecule has 0 aliphatic carbocycles. The lowest BCUT2D eigenvalue weighted by molar-refractivity contribution is -0.145. The Kier molecular flexibility index (Phi) is 32.5. The Morgan fingerprint density at radius 2 is 0.897 bits per heavy atom. The normalized spacial score (nSPS) is 12.2. The van der Waals surface area contributed by atoms with Crippen LogP contribution in [0.4, 0.5) is 0 Å². The van der Waals surface area contributed by atoms with E-state index in [1.165, 1.54) is 19.3 Å². The van der Waals surface area contributed by atoms with Crippen LogP contribution in [0.1, 0.15) is 45.4 Å². The fourth-order valence-electron chi connectivity index (χ4n) is 2.97. The van der Waals surface area contributed by atoms with Crippen molar-refractivity contribution in [1.29, 1.82) is 0 Å². The Hall–Kier alpha value is -0.930. The molecule has 0 aromatic carbocycles. The molecule has 0 rings (SSSR count). The summed E-state index contributed by atoms with van der Waals surface area (Å²) >= 11 is 0. The number of aliphatic hydroxyl groups is 2. The van der Waals surface area contributed by atoms with Crippen molar-refractivity contribution in [3.63, 3.8) is 0 Å². The predicted molar refractivity (Wildman–Crippen MR) is 144 cm³/mol. The molecule has 0 saturated heterocycles. The third-order valence-corrected chi connectivity index (χ3v) is 5.10. The van der Waals surface area contributed by atoms with Gasteiger partial charge in [-0.3, -0.25) is 4.79 Å². The molecule has 0 aromatic heterocycles. The van der Waals surface area contributed by atoms with E-state index in [-0.39, 0.29) is 25.8 Å². The van der Waals surface area contributed by atoms with Crippen molar-refractivity contribution in [3.8, 4) is 0 Å². The second kappa shape index (κ2) is 33.3. The van der Waals surface area contributed by atoms with Gasteiger partial charge in [-0.05, 0) is 6.42 Å². The maximum Gasteiger partial charge on any atom is 0.305 e. The van der Waals surface area contributed by atoms with Gasteiger partial charge in [0, 0.05) is 6.42 Å². The molecule has 1 atom stereocenters. The number of unbranched alkanes of at least 4 members (excludes halogenated alkanes) is 4. The third-order valence-electron chi connectivity index (χ3n) is 5.10. The van der Waals surface area contributed by atoms with Gasteiger partial charge in [0.05, 0.1) is 112 Å². The largest absolute Gasteiger partial charge is 0.463 e. The summed E-state index contributed by atoms with van der Waals surface area (Å²) in [5, 5.41) is 17.7. The highest BCUT2D eigenvalue weighted by molar-refractivity contribution is 5.69. The molecule has 12 nitrogen and oxygen atoms in total. The van der Waals surface area contributed by atoms with E-state index in [1.807, 2.05) is 0 Å². The van der Waals surface area contributed by atoms with E-state index < -0.39 is 6.10 Å². The molecule has 0 amide bonds. The van der Waals surface area contributed by atoms with Gasteiger partial charge in [-0.2, -0.15) is 0 Å². The lowest BCUT2D eigenvalue weighted by atomic mass is 10.1. The number of carbonyl (C=O) groups excluding carboxylic acids is 1. The van der Waals surface area contributed by atoms with Crippen molar-refractivity contribution in [1.82, 2.24) is 0 Å². The molecule has 1 unspecified atom stereocenters. The average Bonchev–Trinajstić information content (AvgIpc) is 2.94. The third kappa shape index (κ3) is 33.2. The van der Waals surface area contributed by atoms with Gasteiger partial charge in [0.1, 0.15) is 12.7 Å². The van der Waals surface area contributed by atoms with E-state index in [1.54, 1.807) is 0 Å². The molecule has 0 fully saturated rings. The minimum atomic E-state index is -0.846. The van der Waals surface area contributed by atoms with Crippen LogP contribution in [0.15, 0.2) is 0 Å². The first kappa shape index (κ1) is 38.1. The van der Waals surface area contributed by atoms with E-state index in [2.05, 4.69) is 6.92 Å². The molecule has 0 aliphatic rings. The highest BCUT2D eigenvalue weighted by atomic mass is 16.6. The summed E-state index contributed by atoms with van der Waals surface area (Å²) in [6.45, 7) is 9.06. The van der Waals surface area contributed by atoms with E-state index in [0.29, 0.717) is 106 Å². The fourth-order valence-corrected chi connectivity index (χ4v) is 2.97. The van der Waals surface area contributed by atoms with Gasteiger partial charge >= 0.3 is 5.97 Å². The average molecular weight is 571 g/mol. The molecule has 0 spiro atoms. The first-order chi connectivity index (χ1) is 19.2. The van der Waals surface area contributed by atoms with Crippen molar-refractivity contribution < 1.29 is 57.6 Å². The zero-order chi connectivity index (χ0) is 28.5. The molecule has 0 heterocycles. The maximum absolute atomic E-state index is 11.6. The SMILES string of the molecule is CCCCCCCC(=O)OCCOCCOCCOCCOCCOCCOCCOCCOCC(O)CO. The monoisotopic (exact) mass is 570 g/mol. The first-order valence-corrected chi connectivity index (χ1v) is 14.3. The molecule has 0 aliphatic heterocycles. The Morgan fingerprint density at radius 3 is 1.28 bits per heavy atom. The number of hydrogen-bond donors (Lipinski definition) is 2. The van der Waals surface area contributed by atoms with Crippen LogP contribution < -0.4 is 0 Å². The van der Waals surface area contributed by atoms with Crippen LogP contribution in [0.3, 0.4) is 0 Å². The van der Waals surface area contributed by atoms with E-state index in [9.17, 15) is 4.79 Å². The quantitative estimate of drug-likeness (QED) is 0.0870. The van der Waals surface area contributed by atoms with Crippen LogP contribution >= 0.6 is 0 Å². The predicted octanol–water partition coefficient (Wildman–Crippen LogP) is 1.38. The van der Waals surface area contributed by atoms with Crippen LogP contribution in [0, 0.1) is 0 Å². The van der Waals surface area contributed by atoms with Gasteiger partial charge in [-0.15, -0.1) is 0 Å².